The monoisotopic (exact) mass is 361 g/mol. The Balaban J connectivity index is 1.77. The Morgan fingerprint density at radius 3 is 2.73 bits per heavy atom. The van der Waals surface area contributed by atoms with Gasteiger partial charge in [-0.1, -0.05) is 39.2 Å². The second-order valence-electron chi connectivity index (χ2n) is 8.33. The summed E-state index contributed by atoms with van der Waals surface area (Å²) in [6, 6.07) is 5.76. The lowest BCUT2D eigenvalue weighted by molar-refractivity contribution is -0.0333. The minimum absolute atomic E-state index is 0.110. The second-order valence-corrected chi connectivity index (χ2v) is 8.33. The smallest absolute Gasteiger partial charge is 0.434 e. The zero-order valence-corrected chi connectivity index (χ0v) is 16.2. The Morgan fingerprint density at radius 2 is 2.04 bits per heavy atom. The number of ether oxygens (including phenoxy) is 2. The van der Waals surface area contributed by atoms with Gasteiger partial charge in [-0.25, -0.2) is 4.79 Å². The summed E-state index contributed by atoms with van der Waals surface area (Å²) in [7, 11) is 2.08. The molecule has 1 aromatic carbocycles. The first kappa shape index (κ1) is 19.2. The number of fused-ring (bicyclic) bond motifs is 1. The SMILES string of the molecule is CC(C)COC(=O)Oc1ccc2c(c1)CN(C)CC2C1(O)CCCCC1. The highest BCUT2D eigenvalue weighted by atomic mass is 16.7. The van der Waals surface area contributed by atoms with Gasteiger partial charge in [0.25, 0.3) is 0 Å². The summed E-state index contributed by atoms with van der Waals surface area (Å²) < 4.78 is 10.4. The fourth-order valence-corrected chi connectivity index (χ4v) is 4.22. The van der Waals surface area contributed by atoms with Gasteiger partial charge in [0.1, 0.15) is 5.75 Å². The van der Waals surface area contributed by atoms with Gasteiger partial charge < -0.3 is 19.5 Å². The number of benzene rings is 1. The van der Waals surface area contributed by atoms with E-state index in [0.29, 0.717) is 12.4 Å². The van der Waals surface area contributed by atoms with Gasteiger partial charge in [-0.15, -0.1) is 0 Å². The number of nitrogens with zero attached hydrogens (tertiary/aromatic N) is 1. The number of aliphatic hydroxyl groups is 1. The molecule has 1 fully saturated rings. The molecule has 0 radical (unpaired) electrons. The number of hydrogen-bond acceptors (Lipinski definition) is 5. The Hall–Kier alpha value is -1.59. The fourth-order valence-electron chi connectivity index (χ4n) is 4.22. The van der Waals surface area contributed by atoms with Gasteiger partial charge >= 0.3 is 6.16 Å². The van der Waals surface area contributed by atoms with Crippen LogP contribution in [0.25, 0.3) is 0 Å². The molecule has 0 amide bonds. The molecule has 0 spiro atoms. The summed E-state index contributed by atoms with van der Waals surface area (Å²) in [5, 5.41) is 11.3. The lowest BCUT2D eigenvalue weighted by Gasteiger charge is -2.44. The highest BCUT2D eigenvalue weighted by Crippen LogP contribution is 2.44. The highest BCUT2D eigenvalue weighted by molar-refractivity contribution is 5.64. The predicted octanol–water partition coefficient (Wildman–Crippen LogP) is 4.08. The summed E-state index contributed by atoms with van der Waals surface area (Å²) in [6.07, 6.45) is 4.47. The standard InChI is InChI=1S/C21H31NO4/c1-15(2)14-25-20(23)26-17-7-8-18-16(11-17)12-22(3)13-19(18)21(24)9-5-4-6-10-21/h7-8,11,15,19,24H,4-6,9-10,12-14H2,1-3H3. The highest BCUT2D eigenvalue weighted by Gasteiger charge is 2.41. The van der Waals surface area contributed by atoms with Crippen LogP contribution in [-0.4, -0.2) is 42.0 Å². The molecule has 5 nitrogen and oxygen atoms in total. The van der Waals surface area contributed by atoms with E-state index in [4.69, 9.17) is 9.47 Å². The van der Waals surface area contributed by atoms with Crippen LogP contribution in [0.5, 0.6) is 5.75 Å². The predicted molar refractivity (Wildman–Crippen MR) is 100 cm³/mol. The van der Waals surface area contributed by atoms with Crippen molar-refractivity contribution in [1.29, 1.82) is 0 Å². The lowest BCUT2D eigenvalue weighted by Crippen LogP contribution is -2.46. The van der Waals surface area contributed by atoms with Crippen molar-refractivity contribution < 1.29 is 19.4 Å². The molecule has 1 aliphatic carbocycles. The number of hydrogen-bond donors (Lipinski definition) is 1. The van der Waals surface area contributed by atoms with Gasteiger partial charge in [-0.2, -0.15) is 0 Å². The number of likely N-dealkylation sites (N-methyl/N-ethyl adjacent to an activating group) is 1. The summed E-state index contributed by atoms with van der Waals surface area (Å²) in [4.78, 5) is 14.1. The first-order chi connectivity index (χ1) is 12.4. The molecule has 1 aliphatic heterocycles. The average molecular weight is 361 g/mol. The number of rotatable bonds is 4. The van der Waals surface area contributed by atoms with Crippen molar-refractivity contribution in [2.45, 2.75) is 64.0 Å². The number of carbonyl (C=O) groups is 1. The van der Waals surface area contributed by atoms with Gasteiger partial charge in [-0.3, -0.25) is 0 Å². The van der Waals surface area contributed by atoms with Crippen molar-refractivity contribution in [3.8, 4) is 5.75 Å². The van der Waals surface area contributed by atoms with E-state index in [-0.39, 0.29) is 11.8 Å². The molecule has 144 valence electrons. The van der Waals surface area contributed by atoms with Crippen LogP contribution < -0.4 is 4.74 Å². The van der Waals surface area contributed by atoms with Gasteiger partial charge in [0, 0.05) is 19.0 Å². The van der Waals surface area contributed by atoms with Crippen LogP contribution in [0.4, 0.5) is 4.79 Å². The Bertz CT molecular complexity index is 637. The molecular weight excluding hydrogens is 330 g/mol. The van der Waals surface area contributed by atoms with Crippen LogP contribution in [0.1, 0.15) is 63.0 Å². The molecule has 0 bridgehead atoms. The average Bonchev–Trinajstić information content (AvgIpc) is 2.59. The summed E-state index contributed by atoms with van der Waals surface area (Å²) in [6.45, 7) is 5.97. The maximum Gasteiger partial charge on any atom is 0.513 e. The molecule has 3 rings (SSSR count). The molecule has 1 aromatic rings. The molecule has 5 heteroatoms. The van der Waals surface area contributed by atoms with E-state index in [1.165, 1.54) is 12.0 Å². The van der Waals surface area contributed by atoms with Gasteiger partial charge in [0.15, 0.2) is 0 Å². The van der Waals surface area contributed by atoms with Crippen LogP contribution in [0.15, 0.2) is 18.2 Å². The maximum absolute atomic E-state index is 11.8. The molecule has 1 unspecified atom stereocenters. The third-order valence-electron chi connectivity index (χ3n) is 5.53. The maximum atomic E-state index is 11.8. The normalized spacial score (nSPS) is 22.7. The molecule has 2 aliphatic rings. The van der Waals surface area contributed by atoms with Crippen molar-refractivity contribution >= 4 is 6.16 Å². The first-order valence-corrected chi connectivity index (χ1v) is 9.76. The molecule has 26 heavy (non-hydrogen) atoms. The van der Waals surface area contributed by atoms with Crippen molar-refractivity contribution in [2.24, 2.45) is 5.92 Å². The topological polar surface area (TPSA) is 59.0 Å². The van der Waals surface area contributed by atoms with Gasteiger partial charge in [-0.05, 0) is 49.1 Å². The third kappa shape index (κ3) is 4.38. The van der Waals surface area contributed by atoms with Gasteiger partial charge in [0.05, 0.1) is 12.2 Å². The van der Waals surface area contributed by atoms with E-state index in [1.54, 1.807) is 0 Å². The first-order valence-electron chi connectivity index (χ1n) is 9.76. The molecule has 1 saturated carbocycles. The summed E-state index contributed by atoms with van der Waals surface area (Å²) in [5.41, 5.74) is 1.69. The fraction of sp³-hybridized carbons (Fsp3) is 0.667. The van der Waals surface area contributed by atoms with Crippen LogP contribution in [0.3, 0.4) is 0 Å². The minimum Gasteiger partial charge on any atom is -0.434 e. The van der Waals surface area contributed by atoms with E-state index in [0.717, 1.165) is 44.3 Å². The Morgan fingerprint density at radius 1 is 1.31 bits per heavy atom. The largest absolute Gasteiger partial charge is 0.513 e. The van der Waals surface area contributed by atoms with E-state index in [2.05, 4.69) is 11.9 Å². The molecule has 1 heterocycles. The quantitative estimate of drug-likeness (QED) is 0.647. The molecule has 0 saturated heterocycles. The third-order valence-corrected chi connectivity index (χ3v) is 5.53. The Kier molecular flexibility index (Phi) is 5.88. The van der Waals surface area contributed by atoms with Crippen LogP contribution in [0, 0.1) is 5.92 Å². The van der Waals surface area contributed by atoms with Crippen molar-refractivity contribution in [3.63, 3.8) is 0 Å². The zero-order chi connectivity index (χ0) is 18.7. The van der Waals surface area contributed by atoms with Gasteiger partial charge in [0.2, 0.25) is 0 Å². The summed E-state index contributed by atoms with van der Waals surface area (Å²) >= 11 is 0. The van der Waals surface area contributed by atoms with E-state index in [1.807, 2.05) is 32.0 Å². The molecule has 1 atom stereocenters. The van der Waals surface area contributed by atoms with E-state index < -0.39 is 11.8 Å². The van der Waals surface area contributed by atoms with E-state index >= 15 is 0 Å². The molecule has 0 aromatic heterocycles. The second kappa shape index (κ2) is 7.97. The molecular formula is C21H31NO4. The zero-order valence-electron chi connectivity index (χ0n) is 16.2. The Labute approximate surface area is 156 Å². The summed E-state index contributed by atoms with van der Waals surface area (Å²) in [5.74, 6) is 0.886. The van der Waals surface area contributed by atoms with E-state index in [9.17, 15) is 9.90 Å². The van der Waals surface area contributed by atoms with Crippen LogP contribution in [-0.2, 0) is 11.3 Å². The lowest BCUT2D eigenvalue weighted by atomic mass is 9.70. The van der Waals surface area contributed by atoms with Crippen LogP contribution >= 0.6 is 0 Å². The van der Waals surface area contributed by atoms with Crippen molar-refractivity contribution in [3.05, 3.63) is 29.3 Å². The van der Waals surface area contributed by atoms with Crippen LogP contribution in [0.2, 0.25) is 0 Å². The van der Waals surface area contributed by atoms with Crippen molar-refractivity contribution in [1.82, 2.24) is 4.90 Å². The molecule has 1 N–H and O–H groups in total. The van der Waals surface area contributed by atoms with Crippen molar-refractivity contribution in [2.75, 3.05) is 20.2 Å². The minimum atomic E-state index is -0.662. The number of carbonyl (C=O) groups excluding carboxylic acids is 1.